The molecule has 244 valence electrons. The number of rotatable bonds is 10. The molecular formula is C35H28ClN3O8S. The summed E-state index contributed by atoms with van der Waals surface area (Å²) in [6, 6.07) is 21.3. The Balaban J connectivity index is 1.42. The SMILES string of the molecule is CCOC(=O)C1=C(C)N=c2s/c(=C\c3ccc(OCc4ccccc4)c(OC)c3)c(=O)n2[C@H]1c1ccc(-c2cc([N+](=O)[O-])ccc2Cl)o1. The summed E-state index contributed by atoms with van der Waals surface area (Å²) < 4.78 is 24.8. The number of carbonyl (C=O) groups is 1. The van der Waals surface area contributed by atoms with Crippen LogP contribution >= 0.6 is 22.9 Å². The fraction of sp³-hybridized carbons (Fsp3) is 0.171. The number of methoxy groups -OCH3 is 1. The predicted octanol–water partition coefficient (Wildman–Crippen LogP) is 6.21. The number of halogens is 1. The van der Waals surface area contributed by atoms with Crippen LogP contribution in [0.1, 0.15) is 36.8 Å². The van der Waals surface area contributed by atoms with Gasteiger partial charge in [0.25, 0.3) is 11.2 Å². The molecule has 1 aliphatic heterocycles. The zero-order valence-electron chi connectivity index (χ0n) is 26.0. The first-order chi connectivity index (χ1) is 23.2. The maximum atomic E-state index is 14.1. The predicted molar refractivity (Wildman–Crippen MR) is 180 cm³/mol. The third-order valence-electron chi connectivity index (χ3n) is 7.56. The summed E-state index contributed by atoms with van der Waals surface area (Å²) in [5, 5.41) is 11.6. The second-order valence-corrected chi connectivity index (χ2v) is 12.0. The number of thiazole rings is 1. The van der Waals surface area contributed by atoms with Gasteiger partial charge in [-0.1, -0.05) is 59.3 Å². The van der Waals surface area contributed by atoms with Gasteiger partial charge in [0.1, 0.15) is 24.2 Å². The molecule has 0 aliphatic carbocycles. The Morgan fingerprint density at radius 1 is 1.10 bits per heavy atom. The lowest BCUT2D eigenvalue weighted by atomic mass is 10.0. The van der Waals surface area contributed by atoms with Crippen molar-refractivity contribution in [2.75, 3.05) is 13.7 Å². The Labute approximate surface area is 282 Å². The first-order valence-corrected chi connectivity index (χ1v) is 16.0. The molecule has 5 aromatic rings. The summed E-state index contributed by atoms with van der Waals surface area (Å²) in [4.78, 5) is 43.2. The zero-order chi connectivity index (χ0) is 33.9. The number of fused-ring (bicyclic) bond motifs is 1. The molecule has 11 nitrogen and oxygen atoms in total. The van der Waals surface area contributed by atoms with Gasteiger partial charge in [0.15, 0.2) is 16.3 Å². The fourth-order valence-electron chi connectivity index (χ4n) is 5.30. The lowest BCUT2D eigenvalue weighted by Gasteiger charge is -2.22. The van der Waals surface area contributed by atoms with E-state index in [1.807, 2.05) is 36.4 Å². The summed E-state index contributed by atoms with van der Waals surface area (Å²) in [5.41, 5.74) is 1.88. The van der Waals surface area contributed by atoms with Crippen molar-refractivity contribution in [3.8, 4) is 22.8 Å². The highest BCUT2D eigenvalue weighted by atomic mass is 35.5. The number of esters is 1. The van der Waals surface area contributed by atoms with Crippen LogP contribution in [0.2, 0.25) is 5.02 Å². The van der Waals surface area contributed by atoms with E-state index in [9.17, 15) is 19.7 Å². The molecular weight excluding hydrogens is 658 g/mol. The van der Waals surface area contributed by atoms with Gasteiger partial charge in [0.05, 0.1) is 39.5 Å². The van der Waals surface area contributed by atoms with Crippen molar-refractivity contribution in [3.63, 3.8) is 0 Å². The van der Waals surface area contributed by atoms with Gasteiger partial charge in [-0.25, -0.2) is 9.79 Å². The molecule has 6 rings (SSSR count). The Morgan fingerprint density at radius 3 is 2.62 bits per heavy atom. The minimum absolute atomic E-state index is 0.104. The highest BCUT2D eigenvalue weighted by molar-refractivity contribution is 7.07. The number of nitro benzene ring substituents is 1. The average Bonchev–Trinajstić information content (AvgIpc) is 3.68. The van der Waals surface area contributed by atoms with E-state index in [2.05, 4.69) is 4.99 Å². The number of ether oxygens (including phenoxy) is 3. The van der Waals surface area contributed by atoms with E-state index < -0.39 is 22.5 Å². The molecule has 0 N–H and O–H groups in total. The van der Waals surface area contributed by atoms with Crippen molar-refractivity contribution in [3.05, 3.63) is 142 Å². The number of allylic oxidation sites excluding steroid dienone is 1. The van der Waals surface area contributed by atoms with Crippen LogP contribution in [-0.4, -0.2) is 29.2 Å². The van der Waals surface area contributed by atoms with Gasteiger partial charge in [-0.2, -0.15) is 0 Å². The number of non-ortho nitro benzene ring substituents is 1. The molecule has 0 radical (unpaired) electrons. The number of carbonyl (C=O) groups excluding carboxylic acids is 1. The number of hydrogen-bond acceptors (Lipinski definition) is 10. The monoisotopic (exact) mass is 685 g/mol. The van der Waals surface area contributed by atoms with E-state index in [1.165, 1.54) is 22.8 Å². The van der Waals surface area contributed by atoms with E-state index in [0.29, 0.717) is 38.7 Å². The number of hydrogen-bond donors (Lipinski definition) is 0. The number of nitrogens with zero attached hydrogens (tertiary/aromatic N) is 3. The van der Waals surface area contributed by atoms with Crippen LogP contribution in [0.15, 0.2) is 104 Å². The van der Waals surface area contributed by atoms with Gasteiger partial charge in [0.2, 0.25) is 0 Å². The van der Waals surface area contributed by atoms with Crippen LogP contribution in [0.3, 0.4) is 0 Å². The maximum absolute atomic E-state index is 14.1. The smallest absolute Gasteiger partial charge is 0.338 e. The molecule has 0 unspecified atom stereocenters. The van der Waals surface area contributed by atoms with Gasteiger partial charge in [-0.05, 0) is 61.4 Å². The zero-order valence-corrected chi connectivity index (χ0v) is 27.5. The maximum Gasteiger partial charge on any atom is 0.338 e. The molecule has 2 aromatic heterocycles. The summed E-state index contributed by atoms with van der Waals surface area (Å²) in [6.07, 6.45) is 1.71. The van der Waals surface area contributed by atoms with E-state index in [-0.39, 0.29) is 40.0 Å². The molecule has 13 heteroatoms. The quantitative estimate of drug-likeness (QED) is 0.0962. The number of furan rings is 1. The number of nitro groups is 1. The lowest BCUT2D eigenvalue weighted by Crippen LogP contribution is -2.39. The van der Waals surface area contributed by atoms with E-state index in [0.717, 1.165) is 16.9 Å². The largest absolute Gasteiger partial charge is 0.493 e. The van der Waals surface area contributed by atoms with Gasteiger partial charge in [0, 0.05) is 17.7 Å². The van der Waals surface area contributed by atoms with Crippen molar-refractivity contribution < 1.29 is 28.3 Å². The topological polar surface area (TPSA) is 135 Å². The molecule has 3 heterocycles. The molecule has 3 aromatic carbocycles. The van der Waals surface area contributed by atoms with E-state index in [1.54, 1.807) is 51.3 Å². The first kappa shape index (κ1) is 32.5. The summed E-state index contributed by atoms with van der Waals surface area (Å²) in [5.74, 6) is 0.834. The van der Waals surface area contributed by atoms with Crippen LogP contribution in [0.25, 0.3) is 17.4 Å². The Hall–Kier alpha value is -5.46. The lowest BCUT2D eigenvalue weighted by molar-refractivity contribution is -0.384. The molecule has 48 heavy (non-hydrogen) atoms. The number of aromatic nitrogens is 1. The second kappa shape index (κ2) is 13.7. The van der Waals surface area contributed by atoms with Crippen molar-refractivity contribution in [1.82, 2.24) is 4.57 Å². The minimum atomic E-state index is -1.03. The summed E-state index contributed by atoms with van der Waals surface area (Å²) >= 11 is 7.54. The van der Waals surface area contributed by atoms with Crippen molar-refractivity contribution in [1.29, 1.82) is 0 Å². The van der Waals surface area contributed by atoms with Crippen LogP contribution in [0.5, 0.6) is 11.5 Å². The third kappa shape index (κ3) is 6.40. The third-order valence-corrected chi connectivity index (χ3v) is 8.87. The van der Waals surface area contributed by atoms with Crippen molar-refractivity contribution in [2.45, 2.75) is 26.5 Å². The standard InChI is InChI=1S/C35H28ClN3O8S/c1-4-45-34(41)31-20(2)37-35-38(32(31)28-15-14-26(47-28)24-18-23(39(42)43)11-12-25(24)36)33(40)30(48-35)17-22-10-13-27(29(16-22)44-3)46-19-21-8-6-5-7-9-21/h5-18,32H,4,19H2,1-3H3/b30-17-/t32-/m0/s1. The molecule has 0 spiro atoms. The number of benzene rings is 3. The first-order valence-electron chi connectivity index (χ1n) is 14.8. The minimum Gasteiger partial charge on any atom is -0.493 e. The second-order valence-electron chi connectivity index (χ2n) is 10.6. The molecule has 1 aliphatic rings. The average molecular weight is 686 g/mol. The van der Waals surface area contributed by atoms with Crippen LogP contribution in [0, 0.1) is 10.1 Å². The van der Waals surface area contributed by atoms with E-state index >= 15 is 0 Å². The summed E-state index contributed by atoms with van der Waals surface area (Å²) in [7, 11) is 1.54. The normalized spacial score (nSPS) is 14.3. The van der Waals surface area contributed by atoms with Gasteiger partial charge < -0.3 is 18.6 Å². The molecule has 1 atom stereocenters. The highest BCUT2D eigenvalue weighted by Gasteiger charge is 2.35. The van der Waals surface area contributed by atoms with Crippen LogP contribution < -0.4 is 24.4 Å². The summed E-state index contributed by atoms with van der Waals surface area (Å²) in [6.45, 7) is 3.81. The van der Waals surface area contributed by atoms with Gasteiger partial charge in [-0.3, -0.25) is 19.5 Å². The van der Waals surface area contributed by atoms with Crippen molar-refractivity contribution in [2.24, 2.45) is 4.99 Å². The highest BCUT2D eigenvalue weighted by Crippen LogP contribution is 2.37. The Morgan fingerprint density at radius 2 is 1.90 bits per heavy atom. The van der Waals surface area contributed by atoms with Crippen molar-refractivity contribution >= 4 is 40.7 Å². The van der Waals surface area contributed by atoms with Gasteiger partial charge >= 0.3 is 5.97 Å². The Bertz CT molecular complexity index is 2250. The Kier molecular flexibility index (Phi) is 9.28. The van der Waals surface area contributed by atoms with E-state index in [4.69, 9.17) is 30.2 Å². The molecule has 0 bridgehead atoms. The van der Waals surface area contributed by atoms with Crippen LogP contribution in [-0.2, 0) is 16.1 Å². The van der Waals surface area contributed by atoms with Crippen LogP contribution in [0.4, 0.5) is 5.69 Å². The fourth-order valence-corrected chi connectivity index (χ4v) is 6.56. The van der Waals surface area contributed by atoms with Gasteiger partial charge in [-0.15, -0.1) is 0 Å². The molecule has 0 amide bonds. The molecule has 0 saturated heterocycles. The molecule has 0 saturated carbocycles. The molecule has 0 fully saturated rings.